The highest BCUT2D eigenvalue weighted by molar-refractivity contribution is 6.31. The predicted octanol–water partition coefficient (Wildman–Crippen LogP) is 6.54. The first-order valence-corrected chi connectivity index (χ1v) is 14.0. The molecule has 2 aliphatic heterocycles. The van der Waals surface area contributed by atoms with Crippen molar-refractivity contribution in [3.8, 4) is 11.8 Å². The topological polar surface area (TPSA) is 103 Å². The monoisotopic (exact) mass is 612 g/mol. The van der Waals surface area contributed by atoms with Crippen LogP contribution in [0.3, 0.4) is 0 Å². The van der Waals surface area contributed by atoms with Crippen molar-refractivity contribution in [1.29, 1.82) is 5.26 Å². The predicted molar refractivity (Wildman–Crippen MR) is 157 cm³/mol. The molecule has 218 valence electrons. The molecule has 42 heavy (non-hydrogen) atoms. The summed E-state index contributed by atoms with van der Waals surface area (Å²) in [5, 5.41) is 18.0. The molecule has 4 atom stereocenters. The number of halogens is 4. The van der Waals surface area contributed by atoms with Gasteiger partial charge in [-0.25, -0.2) is 8.78 Å². The number of carbonyl (C=O) groups excluding carboxylic acids is 2. The zero-order valence-corrected chi connectivity index (χ0v) is 24.8. The smallest absolute Gasteiger partial charge is 0.242 e. The van der Waals surface area contributed by atoms with Crippen LogP contribution < -0.4 is 20.7 Å². The molecule has 3 aromatic rings. The van der Waals surface area contributed by atoms with Gasteiger partial charge in [0.2, 0.25) is 11.8 Å². The van der Waals surface area contributed by atoms with Gasteiger partial charge in [-0.2, -0.15) is 5.26 Å². The van der Waals surface area contributed by atoms with Crippen LogP contribution in [0.25, 0.3) is 0 Å². The van der Waals surface area contributed by atoms with Gasteiger partial charge in [0.1, 0.15) is 22.8 Å². The molecule has 0 aliphatic carbocycles. The van der Waals surface area contributed by atoms with Crippen molar-refractivity contribution < 1.29 is 23.1 Å². The SMILES string of the molecule is COc1cc(C#N)ccc1NC(=O)[C@@H]1N[C@@H](CC(C)(C)C)C2(C(=O)Nc3cc(Cl)cc(F)c32)[C@@H]1c1cccc(Cl)c1F. The molecule has 1 fully saturated rings. The number of fused-ring (bicyclic) bond motifs is 2. The first-order valence-electron chi connectivity index (χ1n) is 13.2. The highest BCUT2D eigenvalue weighted by Crippen LogP contribution is 2.58. The molecule has 2 heterocycles. The number of nitrogens with one attached hydrogen (secondary N) is 3. The van der Waals surface area contributed by atoms with Crippen LogP contribution in [0, 0.1) is 28.4 Å². The first kappa shape index (κ1) is 29.8. The van der Waals surface area contributed by atoms with Gasteiger partial charge in [-0.15, -0.1) is 0 Å². The number of nitriles is 1. The lowest BCUT2D eigenvalue weighted by Crippen LogP contribution is -2.50. The molecule has 1 spiro atoms. The number of hydrogen-bond acceptors (Lipinski definition) is 5. The van der Waals surface area contributed by atoms with Crippen molar-refractivity contribution in [2.24, 2.45) is 5.41 Å². The van der Waals surface area contributed by atoms with E-state index in [1.807, 2.05) is 26.8 Å². The summed E-state index contributed by atoms with van der Waals surface area (Å²) in [6.07, 6.45) is 0.324. The van der Waals surface area contributed by atoms with Gasteiger partial charge in [0.15, 0.2) is 0 Å². The van der Waals surface area contributed by atoms with Crippen LogP contribution in [-0.2, 0) is 15.0 Å². The summed E-state index contributed by atoms with van der Waals surface area (Å²) in [5.74, 6) is -3.77. The molecule has 0 radical (unpaired) electrons. The number of benzene rings is 3. The Labute approximate surface area is 252 Å². The molecule has 2 aliphatic rings. The standard InChI is InChI=1S/C31H28Cl2F2N4O3/c1-30(2,3)13-23-31(25-19(34)11-16(32)12-21(25)38-29(31)41)24(17-6-5-7-18(33)26(17)35)27(39-23)28(40)37-20-9-8-15(14-36)10-22(20)42-4/h5-12,23-24,27,39H,13H2,1-4H3,(H,37,40)(H,38,41)/t23-,24+,27+,31?/m0/s1. The first-order chi connectivity index (χ1) is 19.8. The van der Waals surface area contributed by atoms with Crippen molar-refractivity contribution in [3.05, 3.63) is 86.9 Å². The van der Waals surface area contributed by atoms with Crippen LogP contribution in [0.5, 0.6) is 5.75 Å². The molecule has 3 aromatic carbocycles. The van der Waals surface area contributed by atoms with Crippen LogP contribution in [-0.4, -0.2) is 31.0 Å². The highest BCUT2D eigenvalue weighted by Gasteiger charge is 2.67. The normalized spacial score (nSPS) is 22.9. The lowest BCUT2D eigenvalue weighted by molar-refractivity contribution is -0.122. The number of nitrogens with zero attached hydrogens (tertiary/aromatic N) is 1. The van der Waals surface area contributed by atoms with Crippen molar-refractivity contribution in [2.45, 2.75) is 50.6 Å². The maximum absolute atomic E-state index is 16.0. The number of anilines is 2. The second-order valence-corrected chi connectivity index (χ2v) is 12.6. The average Bonchev–Trinajstić information content (AvgIpc) is 3.39. The van der Waals surface area contributed by atoms with Gasteiger partial charge in [-0.1, -0.05) is 56.1 Å². The molecule has 1 unspecified atom stereocenters. The largest absolute Gasteiger partial charge is 0.495 e. The van der Waals surface area contributed by atoms with Crippen LogP contribution in [0.1, 0.15) is 49.8 Å². The third kappa shape index (κ3) is 4.87. The number of carbonyl (C=O) groups is 2. The average molecular weight is 613 g/mol. The van der Waals surface area contributed by atoms with E-state index in [0.29, 0.717) is 12.0 Å². The molecule has 3 N–H and O–H groups in total. The van der Waals surface area contributed by atoms with Gasteiger partial charge in [0.25, 0.3) is 0 Å². The van der Waals surface area contributed by atoms with Gasteiger partial charge in [-0.05, 0) is 47.7 Å². The molecular formula is C31H28Cl2F2N4O3. The van der Waals surface area contributed by atoms with E-state index in [0.717, 1.165) is 6.07 Å². The molecule has 5 rings (SSSR count). The fourth-order valence-corrected chi connectivity index (χ4v) is 6.69. The van der Waals surface area contributed by atoms with Crippen LogP contribution in [0.4, 0.5) is 20.2 Å². The fourth-order valence-electron chi connectivity index (χ4n) is 6.30. The summed E-state index contributed by atoms with van der Waals surface area (Å²) in [7, 11) is 1.40. The molecule has 0 bridgehead atoms. The maximum Gasteiger partial charge on any atom is 0.242 e. The lowest BCUT2D eigenvalue weighted by Gasteiger charge is -2.37. The summed E-state index contributed by atoms with van der Waals surface area (Å²) in [6, 6.07) is 11.4. The number of rotatable bonds is 5. The van der Waals surface area contributed by atoms with Crippen LogP contribution >= 0.6 is 23.2 Å². The van der Waals surface area contributed by atoms with E-state index in [1.54, 1.807) is 0 Å². The summed E-state index contributed by atoms with van der Waals surface area (Å²) in [5.41, 5.74) is -1.41. The van der Waals surface area contributed by atoms with E-state index < -0.39 is 52.3 Å². The minimum absolute atomic E-state index is 0.00859. The Kier molecular flexibility index (Phi) is 7.69. The lowest BCUT2D eigenvalue weighted by atomic mass is 9.62. The second-order valence-electron chi connectivity index (χ2n) is 11.7. The van der Waals surface area contributed by atoms with E-state index in [9.17, 15) is 14.9 Å². The van der Waals surface area contributed by atoms with E-state index in [4.69, 9.17) is 27.9 Å². The van der Waals surface area contributed by atoms with E-state index in [2.05, 4.69) is 16.0 Å². The summed E-state index contributed by atoms with van der Waals surface area (Å²) in [6.45, 7) is 5.87. The van der Waals surface area contributed by atoms with Gasteiger partial charge in [0, 0.05) is 34.3 Å². The Bertz CT molecular complexity index is 1650. The fraction of sp³-hybridized carbons (Fsp3) is 0.323. The minimum Gasteiger partial charge on any atom is -0.495 e. The van der Waals surface area contributed by atoms with E-state index in [1.165, 1.54) is 49.6 Å². The van der Waals surface area contributed by atoms with Crippen molar-refractivity contribution in [1.82, 2.24) is 5.32 Å². The zero-order chi connectivity index (χ0) is 30.6. The van der Waals surface area contributed by atoms with Gasteiger partial charge in [0.05, 0.1) is 35.5 Å². The molecule has 0 saturated carbocycles. The van der Waals surface area contributed by atoms with Gasteiger partial charge >= 0.3 is 0 Å². The molecule has 1 saturated heterocycles. The zero-order valence-electron chi connectivity index (χ0n) is 23.2. The van der Waals surface area contributed by atoms with Gasteiger partial charge in [-0.3, -0.25) is 9.59 Å². The Hall–Kier alpha value is -3.71. The Morgan fingerprint density at radius 1 is 1.17 bits per heavy atom. The maximum atomic E-state index is 16.0. The quantitative estimate of drug-likeness (QED) is 0.303. The molecular weight excluding hydrogens is 585 g/mol. The van der Waals surface area contributed by atoms with Crippen molar-refractivity contribution in [2.75, 3.05) is 17.7 Å². The minimum atomic E-state index is -1.75. The van der Waals surface area contributed by atoms with Crippen molar-refractivity contribution in [3.63, 3.8) is 0 Å². The van der Waals surface area contributed by atoms with Crippen molar-refractivity contribution >= 4 is 46.4 Å². The number of hydrogen-bond donors (Lipinski definition) is 3. The third-order valence-corrected chi connectivity index (χ3v) is 8.36. The number of amides is 2. The van der Waals surface area contributed by atoms with Crippen LogP contribution in [0.2, 0.25) is 10.0 Å². The Morgan fingerprint density at radius 3 is 2.57 bits per heavy atom. The number of ether oxygens (including phenoxy) is 1. The molecule has 11 heteroatoms. The third-order valence-electron chi connectivity index (χ3n) is 7.85. The van der Waals surface area contributed by atoms with Gasteiger partial charge < -0.3 is 20.7 Å². The second kappa shape index (κ2) is 10.8. The highest BCUT2D eigenvalue weighted by atomic mass is 35.5. The summed E-state index contributed by atoms with van der Waals surface area (Å²) in [4.78, 5) is 28.3. The summed E-state index contributed by atoms with van der Waals surface area (Å²) < 4.78 is 37.3. The molecule has 0 aromatic heterocycles. The van der Waals surface area contributed by atoms with E-state index >= 15 is 8.78 Å². The molecule has 2 amide bonds. The molecule has 7 nitrogen and oxygen atoms in total. The van der Waals surface area contributed by atoms with E-state index in [-0.39, 0.29) is 38.3 Å². The number of methoxy groups -OCH3 is 1. The Morgan fingerprint density at radius 2 is 1.90 bits per heavy atom. The summed E-state index contributed by atoms with van der Waals surface area (Å²) >= 11 is 12.4. The van der Waals surface area contributed by atoms with Crippen LogP contribution in [0.15, 0.2) is 48.5 Å². The Balaban J connectivity index is 1.74.